The van der Waals surface area contributed by atoms with Crippen LogP contribution in [0.25, 0.3) is 0 Å². The fourth-order valence-corrected chi connectivity index (χ4v) is 6.59. The number of esters is 1. The van der Waals surface area contributed by atoms with E-state index in [0.717, 1.165) is 25.7 Å². The van der Waals surface area contributed by atoms with Crippen molar-refractivity contribution >= 4 is 17.8 Å². The minimum Gasteiger partial charge on any atom is -0.466 e. The molecule has 4 aliphatic rings. The van der Waals surface area contributed by atoms with Gasteiger partial charge >= 0.3 is 5.97 Å². The van der Waals surface area contributed by atoms with Crippen molar-refractivity contribution in [3.8, 4) is 0 Å². The molecule has 174 valence electrons. The number of hydrogen-bond acceptors (Lipinski definition) is 6. The number of rotatable bonds is 7. The van der Waals surface area contributed by atoms with Crippen LogP contribution in [-0.2, 0) is 23.9 Å². The number of aliphatic hydroxyl groups excluding tert-OH is 1. The molecule has 1 saturated carbocycles. The number of carbonyl (C=O) groups is 3. The molecular weight excluding hydrogens is 400 g/mol. The molecule has 1 aliphatic carbocycles. The molecule has 1 spiro atoms. The average Bonchev–Trinajstić information content (AvgIpc) is 3.31. The normalized spacial score (nSPS) is 38.3. The predicted molar refractivity (Wildman–Crippen MR) is 112 cm³/mol. The van der Waals surface area contributed by atoms with Gasteiger partial charge in [-0.1, -0.05) is 26.2 Å². The van der Waals surface area contributed by atoms with Crippen LogP contribution >= 0.6 is 0 Å². The van der Waals surface area contributed by atoms with E-state index in [1.165, 1.54) is 11.3 Å². The van der Waals surface area contributed by atoms with Gasteiger partial charge in [-0.3, -0.25) is 14.4 Å². The molecule has 8 nitrogen and oxygen atoms in total. The third-order valence-corrected chi connectivity index (χ3v) is 8.03. The molecule has 4 rings (SSSR count). The van der Waals surface area contributed by atoms with Crippen molar-refractivity contribution in [2.75, 3.05) is 13.2 Å². The Hall–Kier alpha value is -1.67. The van der Waals surface area contributed by atoms with Gasteiger partial charge in [-0.15, -0.1) is 0 Å². The van der Waals surface area contributed by atoms with Crippen molar-refractivity contribution in [2.45, 2.75) is 101 Å². The van der Waals surface area contributed by atoms with Crippen LogP contribution in [0.2, 0.25) is 0 Å². The summed E-state index contributed by atoms with van der Waals surface area (Å²) in [5, 5.41) is 13.2. The van der Waals surface area contributed by atoms with Crippen molar-refractivity contribution < 1.29 is 29.0 Å². The Labute approximate surface area is 184 Å². The maximum absolute atomic E-state index is 13.7. The highest BCUT2D eigenvalue weighted by Crippen LogP contribution is 2.63. The zero-order valence-electron chi connectivity index (χ0n) is 18.9. The number of amides is 2. The van der Waals surface area contributed by atoms with Gasteiger partial charge in [0.25, 0.3) is 0 Å². The van der Waals surface area contributed by atoms with E-state index in [-0.39, 0.29) is 31.1 Å². The third kappa shape index (κ3) is 3.37. The highest BCUT2D eigenvalue weighted by atomic mass is 16.6. The molecule has 2 amide bonds. The molecule has 0 radical (unpaired) electrons. The van der Waals surface area contributed by atoms with Crippen molar-refractivity contribution in [3.63, 3.8) is 0 Å². The third-order valence-electron chi connectivity index (χ3n) is 8.03. The van der Waals surface area contributed by atoms with Crippen LogP contribution in [0, 0.1) is 11.8 Å². The van der Waals surface area contributed by atoms with Gasteiger partial charge in [0, 0.05) is 6.04 Å². The number of carbonyl (C=O) groups excluding carboxylic acids is 3. The Kier molecular flexibility index (Phi) is 6.07. The monoisotopic (exact) mass is 436 g/mol. The molecule has 2 unspecified atom stereocenters. The summed E-state index contributed by atoms with van der Waals surface area (Å²) in [5.74, 6) is -2.42. The first-order valence-electron chi connectivity index (χ1n) is 11.9. The van der Waals surface area contributed by atoms with Crippen LogP contribution in [-0.4, -0.2) is 70.3 Å². The van der Waals surface area contributed by atoms with Crippen LogP contribution in [0.1, 0.15) is 72.1 Å². The molecule has 8 heteroatoms. The van der Waals surface area contributed by atoms with E-state index in [2.05, 4.69) is 5.32 Å². The number of nitrogens with one attached hydrogen (secondary N) is 1. The summed E-state index contributed by atoms with van der Waals surface area (Å²) < 4.78 is 11.8. The standard InChI is InChI=1S/C23H36N2O6/c1-4-15(13-26)25-18(19(27)24-14-9-7-6-8-10-14)23-12-11-22(3,31-23)17(16(23)20(25)28)21(29)30-5-2/h14-18,26H,4-13H2,1-3H3,(H,24,27)/t15-,16-,17-,18?,22+,23?/m0/s1. The van der Waals surface area contributed by atoms with E-state index in [0.29, 0.717) is 19.3 Å². The second-order valence-corrected chi connectivity index (χ2v) is 9.81. The number of aliphatic hydroxyl groups is 1. The van der Waals surface area contributed by atoms with E-state index in [4.69, 9.17) is 9.47 Å². The Morgan fingerprint density at radius 3 is 2.58 bits per heavy atom. The zero-order chi connectivity index (χ0) is 22.4. The highest BCUT2D eigenvalue weighted by Gasteiger charge is 2.78. The lowest BCUT2D eigenvalue weighted by Gasteiger charge is -2.37. The second-order valence-electron chi connectivity index (χ2n) is 9.81. The van der Waals surface area contributed by atoms with Gasteiger partial charge in [0.05, 0.1) is 30.8 Å². The Balaban J connectivity index is 1.71. The van der Waals surface area contributed by atoms with Crippen molar-refractivity contribution in [3.05, 3.63) is 0 Å². The van der Waals surface area contributed by atoms with Gasteiger partial charge < -0.3 is 24.8 Å². The minimum atomic E-state index is -1.05. The summed E-state index contributed by atoms with van der Waals surface area (Å²) in [5.41, 5.74) is -1.87. The first-order chi connectivity index (χ1) is 14.8. The largest absolute Gasteiger partial charge is 0.466 e. The SMILES string of the molecule is CCOC(=O)[C@@H]1[C@H]2C(=O)N([C@@H](CC)CO)C(C(=O)NC3CCCCC3)C23CC[C@@]1(C)O3. The predicted octanol–water partition coefficient (Wildman–Crippen LogP) is 1.53. The van der Waals surface area contributed by atoms with E-state index >= 15 is 0 Å². The van der Waals surface area contributed by atoms with Crippen LogP contribution in [0.4, 0.5) is 0 Å². The van der Waals surface area contributed by atoms with E-state index in [9.17, 15) is 19.5 Å². The molecular formula is C23H36N2O6. The smallest absolute Gasteiger partial charge is 0.312 e. The van der Waals surface area contributed by atoms with E-state index in [1.807, 2.05) is 13.8 Å². The first kappa shape index (κ1) is 22.5. The molecule has 31 heavy (non-hydrogen) atoms. The maximum atomic E-state index is 13.7. The second kappa shape index (κ2) is 8.35. The topological polar surface area (TPSA) is 105 Å². The summed E-state index contributed by atoms with van der Waals surface area (Å²) in [7, 11) is 0. The van der Waals surface area contributed by atoms with Gasteiger partial charge in [0.2, 0.25) is 11.8 Å². The molecule has 0 aromatic heterocycles. The first-order valence-corrected chi connectivity index (χ1v) is 11.9. The summed E-state index contributed by atoms with van der Waals surface area (Å²) in [4.78, 5) is 41.8. The number of nitrogens with zero attached hydrogens (tertiary/aromatic N) is 1. The lowest BCUT2D eigenvalue weighted by Crippen LogP contribution is -2.59. The van der Waals surface area contributed by atoms with Gasteiger partial charge in [-0.25, -0.2) is 0 Å². The highest BCUT2D eigenvalue weighted by molar-refractivity contribution is 5.98. The number of fused-ring (bicyclic) bond motifs is 1. The lowest BCUT2D eigenvalue weighted by molar-refractivity contribution is -0.160. The summed E-state index contributed by atoms with van der Waals surface area (Å²) in [6, 6.07) is -1.24. The van der Waals surface area contributed by atoms with E-state index in [1.54, 1.807) is 6.92 Å². The summed E-state index contributed by atoms with van der Waals surface area (Å²) >= 11 is 0. The zero-order valence-corrected chi connectivity index (χ0v) is 18.9. The molecule has 3 heterocycles. The van der Waals surface area contributed by atoms with Crippen LogP contribution in [0.15, 0.2) is 0 Å². The lowest BCUT2D eigenvalue weighted by atomic mass is 9.66. The summed E-state index contributed by atoms with van der Waals surface area (Å²) in [6.07, 6.45) is 6.86. The maximum Gasteiger partial charge on any atom is 0.312 e. The van der Waals surface area contributed by atoms with Crippen molar-refractivity contribution in [1.82, 2.24) is 10.2 Å². The number of likely N-dealkylation sites (tertiary alicyclic amines) is 1. The molecule has 6 atom stereocenters. The Morgan fingerprint density at radius 1 is 1.26 bits per heavy atom. The van der Waals surface area contributed by atoms with Crippen LogP contribution in [0.5, 0.6) is 0 Å². The molecule has 0 aromatic carbocycles. The average molecular weight is 437 g/mol. The molecule has 0 aromatic rings. The van der Waals surface area contributed by atoms with Crippen molar-refractivity contribution in [1.29, 1.82) is 0 Å². The molecule has 2 bridgehead atoms. The molecule has 3 saturated heterocycles. The number of ether oxygens (including phenoxy) is 2. The Bertz CT molecular complexity index is 734. The van der Waals surface area contributed by atoms with Gasteiger partial charge in [-0.05, 0) is 46.0 Å². The van der Waals surface area contributed by atoms with Crippen LogP contribution in [0.3, 0.4) is 0 Å². The fourth-order valence-electron chi connectivity index (χ4n) is 6.59. The molecule has 2 N–H and O–H groups in total. The van der Waals surface area contributed by atoms with Gasteiger partial charge in [0.1, 0.15) is 17.6 Å². The van der Waals surface area contributed by atoms with Crippen molar-refractivity contribution in [2.24, 2.45) is 11.8 Å². The Morgan fingerprint density at radius 2 is 1.97 bits per heavy atom. The van der Waals surface area contributed by atoms with Gasteiger partial charge in [0.15, 0.2) is 0 Å². The quantitative estimate of drug-likeness (QED) is 0.587. The summed E-state index contributed by atoms with van der Waals surface area (Å²) in [6.45, 7) is 5.48. The molecule has 4 fully saturated rings. The minimum absolute atomic E-state index is 0.0953. The number of hydrogen-bond donors (Lipinski definition) is 2. The van der Waals surface area contributed by atoms with E-state index < -0.39 is 41.1 Å². The molecule has 3 aliphatic heterocycles. The fraction of sp³-hybridized carbons (Fsp3) is 0.870. The van der Waals surface area contributed by atoms with Gasteiger partial charge in [-0.2, -0.15) is 0 Å². The van der Waals surface area contributed by atoms with Crippen LogP contribution < -0.4 is 5.32 Å².